The Bertz CT molecular complexity index is 1360. The molecule has 67 heavy (non-hydrogen) atoms. The van der Waals surface area contributed by atoms with E-state index in [-0.39, 0.29) is 12.5 Å². The first-order valence-corrected chi connectivity index (χ1v) is 26.0. The van der Waals surface area contributed by atoms with E-state index in [9.17, 15) is 45.6 Å². The van der Waals surface area contributed by atoms with Crippen LogP contribution in [0.2, 0.25) is 0 Å². The molecule has 0 saturated carbocycles. The number of nitrogens with one attached hydrogen (secondary N) is 1. The molecular formula is C53H93NO13. The third-order valence-electron chi connectivity index (χ3n) is 12.5. The van der Waals surface area contributed by atoms with E-state index in [0.717, 1.165) is 103 Å². The molecule has 388 valence electrons. The smallest absolute Gasteiger partial charge is 0.220 e. The molecule has 2 heterocycles. The Morgan fingerprint density at radius 1 is 0.552 bits per heavy atom. The maximum atomic E-state index is 13.1. The Balaban J connectivity index is 1.66. The Labute approximate surface area is 403 Å². The van der Waals surface area contributed by atoms with Gasteiger partial charge in [0.05, 0.1) is 32.0 Å². The second-order valence-corrected chi connectivity index (χ2v) is 18.3. The highest BCUT2D eigenvalue weighted by Crippen LogP contribution is 2.30. The van der Waals surface area contributed by atoms with Crippen molar-refractivity contribution in [3.05, 3.63) is 60.8 Å². The van der Waals surface area contributed by atoms with Crippen molar-refractivity contribution in [3.8, 4) is 0 Å². The summed E-state index contributed by atoms with van der Waals surface area (Å²) in [6.45, 7) is 2.64. The van der Waals surface area contributed by atoms with E-state index in [1.165, 1.54) is 44.9 Å². The highest BCUT2D eigenvalue weighted by molar-refractivity contribution is 5.76. The Morgan fingerprint density at radius 2 is 1.03 bits per heavy atom. The lowest BCUT2D eigenvalue weighted by atomic mass is 9.97. The van der Waals surface area contributed by atoms with Gasteiger partial charge in [0, 0.05) is 6.42 Å². The maximum Gasteiger partial charge on any atom is 0.220 e. The molecule has 12 unspecified atom stereocenters. The Morgan fingerprint density at radius 3 is 1.58 bits per heavy atom. The van der Waals surface area contributed by atoms with Crippen LogP contribution in [0.15, 0.2) is 60.8 Å². The summed E-state index contributed by atoms with van der Waals surface area (Å²) >= 11 is 0. The lowest BCUT2D eigenvalue weighted by Gasteiger charge is -2.46. The summed E-state index contributed by atoms with van der Waals surface area (Å²) in [5.74, 6) is -0.219. The maximum absolute atomic E-state index is 13.1. The number of hydrogen-bond acceptors (Lipinski definition) is 13. The van der Waals surface area contributed by atoms with Crippen LogP contribution in [0.4, 0.5) is 0 Å². The van der Waals surface area contributed by atoms with Crippen LogP contribution in [0.25, 0.3) is 0 Å². The van der Waals surface area contributed by atoms with Crippen LogP contribution >= 0.6 is 0 Å². The molecule has 0 bridgehead atoms. The fraction of sp³-hybridized carbons (Fsp3) is 0.792. The molecule has 0 aromatic heterocycles. The quantitative estimate of drug-likeness (QED) is 0.0223. The van der Waals surface area contributed by atoms with Gasteiger partial charge in [-0.05, 0) is 57.8 Å². The van der Waals surface area contributed by atoms with E-state index in [1.54, 1.807) is 0 Å². The monoisotopic (exact) mass is 952 g/mol. The lowest BCUT2D eigenvalue weighted by molar-refractivity contribution is -0.359. The van der Waals surface area contributed by atoms with Crippen LogP contribution in [0.5, 0.6) is 0 Å². The zero-order chi connectivity index (χ0) is 48.9. The van der Waals surface area contributed by atoms with Gasteiger partial charge in [-0.15, -0.1) is 0 Å². The van der Waals surface area contributed by atoms with Crippen molar-refractivity contribution in [3.63, 3.8) is 0 Å². The molecule has 2 aliphatic rings. The van der Waals surface area contributed by atoms with E-state index in [2.05, 4.69) is 79.9 Å². The summed E-state index contributed by atoms with van der Waals surface area (Å²) in [6.07, 6.45) is 31.3. The summed E-state index contributed by atoms with van der Waals surface area (Å²) < 4.78 is 22.6. The van der Waals surface area contributed by atoms with E-state index < -0.39 is 86.8 Å². The number of carbonyl (C=O) groups excluding carboxylic acids is 1. The minimum Gasteiger partial charge on any atom is -0.394 e. The van der Waals surface area contributed by atoms with Gasteiger partial charge in [0.15, 0.2) is 12.6 Å². The van der Waals surface area contributed by atoms with Crippen LogP contribution in [0, 0.1) is 0 Å². The van der Waals surface area contributed by atoms with Gasteiger partial charge < -0.3 is 65.1 Å². The Hall–Kier alpha value is -2.31. The number of amides is 1. The van der Waals surface area contributed by atoms with Crippen LogP contribution in [-0.2, 0) is 23.7 Å². The van der Waals surface area contributed by atoms with Crippen molar-refractivity contribution in [2.24, 2.45) is 0 Å². The van der Waals surface area contributed by atoms with Crippen molar-refractivity contribution in [1.29, 1.82) is 0 Å². The molecule has 14 heteroatoms. The molecule has 2 rings (SSSR count). The summed E-state index contributed by atoms with van der Waals surface area (Å²) in [6, 6.07) is -0.829. The number of ether oxygens (including phenoxy) is 4. The number of rotatable bonds is 39. The molecule has 2 aliphatic heterocycles. The SMILES string of the molecule is CC/C=C\C/C=C\C/C=C\C/C=C\C/C=C\CCCCCCCCCCCCCC(=O)NC(COC1OC(CO)C(OC2OC(CO)C(O)C(O)C2O)C(O)C1O)C(O)CCCCCCCC. The van der Waals surface area contributed by atoms with Crippen molar-refractivity contribution >= 4 is 5.91 Å². The van der Waals surface area contributed by atoms with E-state index in [1.807, 2.05) is 0 Å². The average molecular weight is 952 g/mol. The van der Waals surface area contributed by atoms with E-state index in [4.69, 9.17) is 18.9 Å². The van der Waals surface area contributed by atoms with Gasteiger partial charge in [0.1, 0.15) is 48.8 Å². The minimum absolute atomic E-state index is 0.219. The van der Waals surface area contributed by atoms with Gasteiger partial charge in [0.25, 0.3) is 0 Å². The van der Waals surface area contributed by atoms with Gasteiger partial charge in [-0.1, -0.05) is 171 Å². The highest BCUT2D eigenvalue weighted by Gasteiger charge is 2.51. The zero-order valence-corrected chi connectivity index (χ0v) is 41.1. The summed E-state index contributed by atoms with van der Waals surface area (Å²) in [4.78, 5) is 13.1. The third-order valence-corrected chi connectivity index (χ3v) is 12.5. The number of unbranched alkanes of at least 4 members (excludes halogenated alkanes) is 16. The third kappa shape index (κ3) is 26.5. The average Bonchev–Trinajstić information content (AvgIpc) is 3.32. The molecule has 0 aromatic carbocycles. The molecule has 0 aromatic rings. The molecule has 12 atom stereocenters. The van der Waals surface area contributed by atoms with E-state index >= 15 is 0 Å². The summed E-state index contributed by atoms with van der Waals surface area (Å²) in [5, 5.41) is 86.5. The Kier molecular flexibility index (Phi) is 35.8. The molecule has 1 amide bonds. The van der Waals surface area contributed by atoms with Gasteiger partial charge in [-0.25, -0.2) is 0 Å². The first-order chi connectivity index (χ1) is 32.6. The van der Waals surface area contributed by atoms with Gasteiger partial charge in [-0.3, -0.25) is 4.79 Å². The topological polar surface area (TPSA) is 228 Å². The first kappa shape index (κ1) is 60.8. The fourth-order valence-corrected chi connectivity index (χ4v) is 8.26. The fourth-order valence-electron chi connectivity index (χ4n) is 8.26. The molecular weight excluding hydrogens is 859 g/mol. The highest BCUT2D eigenvalue weighted by atomic mass is 16.7. The predicted octanol–water partition coefficient (Wildman–Crippen LogP) is 7.05. The zero-order valence-electron chi connectivity index (χ0n) is 41.1. The predicted molar refractivity (Wildman–Crippen MR) is 263 cm³/mol. The van der Waals surface area contributed by atoms with Crippen molar-refractivity contribution in [2.75, 3.05) is 19.8 Å². The lowest BCUT2D eigenvalue weighted by Crippen LogP contribution is -2.65. The van der Waals surface area contributed by atoms with E-state index in [0.29, 0.717) is 12.8 Å². The number of aliphatic hydroxyl groups is 8. The van der Waals surface area contributed by atoms with Crippen molar-refractivity contribution < 1.29 is 64.6 Å². The van der Waals surface area contributed by atoms with Gasteiger partial charge in [0.2, 0.25) is 5.91 Å². The van der Waals surface area contributed by atoms with Gasteiger partial charge in [-0.2, -0.15) is 0 Å². The number of hydrogen-bond donors (Lipinski definition) is 9. The largest absolute Gasteiger partial charge is 0.394 e. The summed E-state index contributed by atoms with van der Waals surface area (Å²) in [5.41, 5.74) is 0. The van der Waals surface area contributed by atoms with Crippen LogP contribution in [-0.4, -0.2) is 140 Å². The van der Waals surface area contributed by atoms with Crippen molar-refractivity contribution in [2.45, 2.75) is 248 Å². The number of carbonyl (C=O) groups is 1. The van der Waals surface area contributed by atoms with Crippen LogP contribution in [0.3, 0.4) is 0 Å². The van der Waals surface area contributed by atoms with Gasteiger partial charge >= 0.3 is 0 Å². The minimum atomic E-state index is -1.78. The molecule has 0 aliphatic carbocycles. The number of allylic oxidation sites excluding steroid dienone is 10. The second kappa shape index (κ2) is 39.4. The molecule has 9 N–H and O–H groups in total. The number of aliphatic hydroxyl groups excluding tert-OH is 8. The van der Waals surface area contributed by atoms with Crippen molar-refractivity contribution in [1.82, 2.24) is 5.32 Å². The molecule has 14 nitrogen and oxygen atoms in total. The molecule has 0 spiro atoms. The molecule has 2 saturated heterocycles. The first-order valence-electron chi connectivity index (χ1n) is 26.0. The normalized spacial score (nSPS) is 27.1. The van der Waals surface area contributed by atoms with Crippen LogP contribution < -0.4 is 5.32 Å². The molecule has 2 fully saturated rings. The summed E-state index contributed by atoms with van der Waals surface area (Å²) in [7, 11) is 0. The van der Waals surface area contributed by atoms with Crippen LogP contribution in [0.1, 0.15) is 174 Å². The molecule has 0 radical (unpaired) electrons. The standard InChI is InChI=1S/C53H93NO13/c1-3-5-7-9-11-12-13-14-15-16-17-18-19-20-21-22-23-24-25-26-27-28-29-30-31-33-35-37-45(58)54-41(42(57)36-34-32-10-8-6-4-2)40-64-52-50(63)48(61)51(44(39-56)66-52)67-53-49(62)47(60)46(59)43(38-55)65-53/h5,7,11-12,14-15,17-18,20-21,41-44,46-53,55-57,59-63H,3-4,6,8-10,13,16,19,22-40H2,1-2H3,(H,54,58)/b7-5-,12-11-,15-14-,18-17-,21-20-. The second-order valence-electron chi connectivity index (χ2n) is 18.3.